The van der Waals surface area contributed by atoms with Gasteiger partial charge < -0.3 is 30.9 Å². The Labute approximate surface area is 239 Å². The number of carbonyl (C=O) groups is 4. The molecule has 1 aliphatic rings. The number of alkyl halides is 3. The first-order chi connectivity index (χ1) is 19.7. The molecule has 1 saturated heterocycles. The first-order valence-electron chi connectivity index (χ1n) is 13.1. The Morgan fingerprint density at radius 1 is 1.10 bits per heavy atom. The Morgan fingerprint density at radius 3 is 2.26 bits per heavy atom. The molecule has 42 heavy (non-hydrogen) atoms. The molecule has 1 heterocycles. The van der Waals surface area contributed by atoms with E-state index in [-0.39, 0.29) is 37.0 Å². The fraction of sp³-hybridized carbons (Fsp3) is 0.429. The molecule has 0 spiro atoms. The standard InChI is InChI=1S/C26H32FN3O5.C2HF3O2/c1-2-23(26(33)34)35-20-11-9-17(10-12-20)16-29-25(32)22-8-5-13-30(22)24(31)15-19(28)14-18-6-3-4-7-21(18)27;3-2(4,5)1(6)7/h3-4,6-7,9-12,19,22-23H,2,5,8,13-16,28H2,1H3,(H,29,32)(H,33,34);(H,6,7)/t19?,22-,23?;/m0./s1. The van der Waals surface area contributed by atoms with Crippen LogP contribution in [0.2, 0.25) is 0 Å². The predicted molar refractivity (Wildman–Crippen MR) is 142 cm³/mol. The molecule has 14 heteroatoms. The van der Waals surface area contributed by atoms with Crippen LogP contribution in [0.15, 0.2) is 48.5 Å². The van der Waals surface area contributed by atoms with Gasteiger partial charge in [-0.15, -0.1) is 0 Å². The largest absolute Gasteiger partial charge is 0.490 e. The quantitative estimate of drug-likeness (QED) is 0.287. The molecule has 1 fully saturated rings. The number of benzene rings is 2. The van der Waals surface area contributed by atoms with Gasteiger partial charge in [-0.3, -0.25) is 9.59 Å². The number of hydrogen-bond donors (Lipinski definition) is 4. The van der Waals surface area contributed by atoms with Crippen LogP contribution in [0.4, 0.5) is 17.6 Å². The van der Waals surface area contributed by atoms with Gasteiger partial charge in [0, 0.05) is 25.6 Å². The molecule has 0 saturated carbocycles. The number of carboxylic acid groups (broad SMARTS) is 2. The first kappa shape index (κ1) is 34.0. The topological polar surface area (TPSA) is 159 Å². The van der Waals surface area contributed by atoms with E-state index < -0.39 is 36.3 Å². The SMILES string of the molecule is CCC(Oc1ccc(CNC(=O)[C@@H]2CCCN2C(=O)CC(N)Cc2ccccc2F)cc1)C(=O)O.O=C(O)C(F)(F)F. The smallest absolute Gasteiger partial charge is 0.479 e. The lowest BCUT2D eigenvalue weighted by Crippen LogP contribution is -2.47. The third-order valence-electron chi connectivity index (χ3n) is 6.31. The molecule has 3 atom stereocenters. The van der Waals surface area contributed by atoms with Gasteiger partial charge in [-0.05, 0) is 55.0 Å². The molecule has 230 valence electrons. The van der Waals surface area contributed by atoms with Crippen LogP contribution in [0.5, 0.6) is 5.75 Å². The molecule has 2 amide bonds. The highest BCUT2D eigenvalue weighted by Gasteiger charge is 2.38. The number of rotatable bonds is 11. The second-order valence-corrected chi connectivity index (χ2v) is 9.52. The van der Waals surface area contributed by atoms with E-state index in [4.69, 9.17) is 25.5 Å². The summed E-state index contributed by atoms with van der Waals surface area (Å²) in [5.41, 5.74) is 7.39. The Hall–Kier alpha value is -4.20. The Kier molecular flexibility index (Phi) is 12.7. The van der Waals surface area contributed by atoms with Crippen molar-refractivity contribution in [2.24, 2.45) is 5.73 Å². The highest BCUT2D eigenvalue weighted by atomic mass is 19.4. The van der Waals surface area contributed by atoms with E-state index in [9.17, 15) is 31.9 Å². The second-order valence-electron chi connectivity index (χ2n) is 9.52. The van der Waals surface area contributed by atoms with Crippen LogP contribution in [-0.2, 0) is 32.1 Å². The Balaban J connectivity index is 0.000000782. The van der Waals surface area contributed by atoms with Gasteiger partial charge in [0.05, 0.1) is 0 Å². The molecule has 0 bridgehead atoms. The fourth-order valence-corrected chi connectivity index (χ4v) is 4.16. The third kappa shape index (κ3) is 10.7. The summed E-state index contributed by atoms with van der Waals surface area (Å²) in [5, 5.41) is 19.1. The van der Waals surface area contributed by atoms with Crippen LogP contribution in [0.3, 0.4) is 0 Å². The maximum absolute atomic E-state index is 13.9. The van der Waals surface area contributed by atoms with Crippen LogP contribution >= 0.6 is 0 Å². The monoisotopic (exact) mass is 599 g/mol. The van der Waals surface area contributed by atoms with Crippen LogP contribution in [-0.4, -0.2) is 69.8 Å². The van der Waals surface area contributed by atoms with Crippen molar-refractivity contribution in [2.45, 2.75) is 69.9 Å². The number of carboxylic acids is 2. The van der Waals surface area contributed by atoms with Crippen molar-refractivity contribution in [1.82, 2.24) is 10.2 Å². The zero-order valence-corrected chi connectivity index (χ0v) is 22.8. The van der Waals surface area contributed by atoms with Gasteiger partial charge in [-0.1, -0.05) is 37.3 Å². The molecule has 2 aromatic carbocycles. The minimum Gasteiger partial charge on any atom is -0.479 e. The first-order valence-corrected chi connectivity index (χ1v) is 13.1. The number of aliphatic carboxylic acids is 2. The van der Waals surface area contributed by atoms with Crippen LogP contribution in [0, 0.1) is 5.82 Å². The van der Waals surface area contributed by atoms with E-state index in [0.29, 0.717) is 30.7 Å². The number of halogens is 4. The normalized spacial score (nSPS) is 16.0. The fourth-order valence-electron chi connectivity index (χ4n) is 4.16. The maximum Gasteiger partial charge on any atom is 0.490 e. The second kappa shape index (κ2) is 15.7. The van der Waals surface area contributed by atoms with E-state index in [1.54, 1.807) is 54.3 Å². The zero-order valence-electron chi connectivity index (χ0n) is 22.8. The van der Waals surface area contributed by atoms with Gasteiger partial charge in [0.15, 0.2) is 6.10 Å². The van der Waals surface area contributed by atoms with Crippen molar-refractivity contribution in [2.75, 3.05) is 6.54 Å². The van der Waals surface area contributed by atoms with Crippen LogP contribution in [0.25, 0.3) is 0 Å². The molecule has 2 aromatic rings. The third-order valence-corrected chi connectivity index (χ3v) is 6.31. The lowest BCUT2D eigenvalue weighted by Gasteiger charge is -2.25. The summed E-state index contributed by atoms with van der Waals surface area (Å²) in [6.45, 7) is 2.48. The summed E-state index contributed by atoms with van der Waals surface area (Å²) in [6, 6.07) is 12.1. The molecule has 2 unspecified atom stereocenters. The highest BCUT2D eigenvalue weighted by Crippen LogP contribution is 2.21. The summed E-state index contributed by atoms with van der Waals surface area (Å²) in [7, 11) is 0. The number of likely N-dealkylation sites (tertiary alicyclic amines) is 1. The van der Waals surface area contributed by atoms with Crippen molar-refractivity contribution in [1.29, 1.82) is 0 Å². The molecular formula is C28H33F4N3O7. The van der Waals surface area contributed by atoms with E-state index >= 15 is 0 Å². The van der Waals surface area contributed by atoms with Crippen molar-refractivity contribution in [3.8, 4) is 5.75 Å². The predicted octanol–water partition coefficient (Wildman–Crippen LogP) is 3.27. The molecule has 0 aliphatic carbocycles. The number of carbonyl (C=O) groups excluding carboxylic acids is 2. The molecule has 5 N–H and O–H groups in total. The minimum absolute atomic E-state index is 0.0364. The molecule has 3 rings (SSSR count). The highest BCUT2D eigenvalue weighted by molar-refractivity contribution is 5.88. The average molecular weight is 600 g/mol. The lowest BCUT2D eigenvalue weighted by molar-refractivity contribution is -0.192. The Morgan fingerprint density at radius 2 is 1.71 bits per heavy atom. The van der Waals surface area contributed by atoms with Crippen LogP contribution in [0.1, 0.15) is 43.7 Å². The zero-order chi connectivity index (χ0) is 31.4. The summed E-state index contributed by atoms with van der Waals surface area (Å²) in [6.07, 6.45) is -4.08. The van der Waals surface area contributed by atoms with Crippen molar-refractivity contribution in [3.05, 3.63) is 65.5 Å². The van der Waals surface area contributed by atoms with Gasteiger partial charge in [0.1, 0.15) is 17.6 Å². The Bertz CT molecular complexity index is 1220. The lowest BCUT2D eigenvalue weighted by atomic mass is 10.0. The number of nitrogens with zero attached hydrogens (tertiary/aromatic N) is 1. The molecule has 0 aromatic heterocycles. The van der Waals surface area contributed by atoms with Crippen molar-refractivity contribution < 1.29 is 51.7 Å². The number of ether oxygens (including phenoxy) is 1. The van der Waals surface area contributed by atoms with Crippen LogP contribution < -0.4 is 15.8 Å². The van der Waals surface area contributed by atoms with Gasteiger partial charge in [-0.2, -0.15) is 13.2 Å². The molecule has 1 aliphatic heterocycles. The van der Waals surface area contributed by atoms with E-state index in [0.717, 1.165) is 12.0 Å². The molecule has 10 nitrogen and oxygen atoms in total. The number of nitrogens with two attached hydrogens (primary N) is 1. The minimum atomic E-state index is -5.08. The summed E-state index contributed by atoms with van der Waals surface area (Å²) in [5.74, 6) is -4.14. The summed E-state index contributed by atoms with van der Waals surface area (Å²) >= 11 is 0. The van der Waals surface area contributed by atoms with Crippen molar-refractivity contribution in [3.63, 3.8) is 0 Å². The van der Waals surface area contributed by atoms with Gasteiger partial charge in [-0.25, -0.2) is 14.0 Å². The van der Waals surface area contributed by atoms with E-state index in [2.05, 4.69) is 5.32 Å². The number of amides is 2. The van der Waals surface area contributed by atoms with Crippen molar-refractivity contribution >= 4 is 23.8 Å². The summed E-state index contributed by atoms with van der Waals surface area (Å²) in [4.78, 5) is 47.2. The molecule has 0 radical (unpaired) electrons. The van der Waals surface area contributed by atoms with Gasteiger partial charge in [0.25, 0.3) is 0 Å². The average Bonchev–Trinajstić information content (AvgIpc) is 3.42. The maximum atomic E-state index is 13.9. The molecular weight excluding hydrogens is 566 g/mol. The van der Waals surface area contributed by atoms with Gasteiger partial charge >= 0.3 is 18.1 Å². The number of hydrogen-bond acceptors (Lipinski definition) is 6. The van der Waals surface area contributed by atoms with E-state index in [1.165, 1.54) is 6.07 Å². The van der Waals surface area contributed by atoms with E-state index in [1.807, 2.05) is 0 Å². The van der Waals surface area contributed by atoms with Gasteiger partial charge in [0.2, 0.25) is 11.8 Å². The number of nitrogens with one attached hydrogen (secondary N) is 1. The summed E-state index contributed by atoms with van der Waals surface area (Å²) < 4.78 is 51.0.